The zero-order chi connectivity index (χ0) is 25.9. The predicted octanol–water partition coefficient (Wildman–Crippen LogP) is 3.94. The van der Waals surface area contributed by atoms with Crippen molar-refractivity contribution in [2.75, 3.05) is 44.8 Å². The van der Waals surface area contributed by atoms with Crippen LogP contribution >= 0.6 is 11.6 Å². The summed E-state index contributed by atoms with van der Waals surface area (Å²) in [5.41, 5.74) is 4.23. The molecule has 36 heavy (non-hydrogen) atoms. The molecule has 0 aliphatic rings. The van der Waals surface area contributed by atoms with Gasteiger partial charge in [0.15, 0.2) is 5.82 Å². The van der Waals surface area contributed by atoms with E-state index in [2.05, 4.69) is 21.1 Å². The Morgan fingerprint density at radius 1 is 1.22 bits per heavy atom. The molecule has 0 radical (unpaired) electrons. The number of unbranched alkanes of at least 4 members (excludes halogenated alkanes) is 1. The SMILES string of the molecule is CCOCCNCCCCn1cnc2c(F)c(Nc3ccc(C)cc3Cl)c(C(=O)NOCCO)cc21. The first-order chi connectivity index (χ1) is 17.5. The lowest BCUT2D eigenvalue weighted by Gasteiger charge is -2.16. The van der Waals surface area contributed by atoms with Crippen LogP contribution in [0.3, 0.4) is 0 Å². The van der Waals surface area contributed by atoms with Crippen molar-refractivity contribution in [1.29, 1.82) is 0 Å². The van der Waals surface area contributed by atoms with Gasteiger partial charge in [0, 0.05) is 19.7 Å². The molecule has 0 saturated carbocycles. The zero-order valence-corrected chi connectivity index (χ0v) is 21.3. The lowest BCUT2D eigenvalue weighted by molar-refractivity contribution is 0.0169. The van der Waals surface area contributed by atoms with Gasteiger partial charge in [-0.25, -0.2) is 14.9 Å². The fourth-order valence-electron chi connectivity index (χ4n) is 3.66. The third-order valence-corrected chi connectivity index (χ3v) is 5.79. The van der Waals surface area contributed by atoms with E-state index < -0.39 is 11.7 Å². The van der Waals surface area contributed by atoms with Crippen LogP contribution < -0.4 is 16.1 Å². The number of hydrogen-bond donors (Lipinski definition) is 4. The Morgan fingerprint density at radius 2 is 2.06 bits per heavy atom. The number of halogens is 2. The number of ether oxygens (including phenoxy) is 1. The molecule has 9 nitrogen and oxygen atoms in total. The molecule has 1 aromatic heterocycles. The standard InChI is InChI=1S/C25H33ClFN5O4/c1-3-35-12-9-28-8-4-5-10-32-16-29-24-21(32)15-18(25(34)31-36-13-11-33)23(22(24)27)30-20-7-6-17(2)14-19(20)26/h6-7,14-16,28,30,33H,3-5,8-13H2,1-2H3,(H,31,34). The summed E-state index contributed by atoms with van der Waals surface area (Å²) in [6, 6.07) is 6.86. The Labute approximate surface area is 214 Å². The number of nitrogens with one attached hydrogen (secondary N) is 3. The zero-order valence-electron chi connectivity index (χ0n) is 20.6. The van der Waals surface area contributed by atoms with Crippen LogP contribution in [0, 0.1) is 12.7 Å². The van der Waals surface area contributed by atoms with Gasteiger partial charge < -0.3 is 25.0 Å². The van der Waals surface area contributed by atoms with Crippen LogP contribution in [0.2, 0.25) is 5.02 Å². The maximum Gasteiger partial charge on any atom is 0.277 e. The summed E-state index contributed by atoms with van der Waals surface area (Å²) in [6.45, 7) is 7.12. The number of fused-ring (bicyclic) bond motifs is 1. The first-order valence-corrected chi connectivity index (χ1v) is 12.4. The van der Waals surface area contributed by atoms with Crippen LogP contribution in [0.1, 0.15) is 35.7 Å². The number of imidazole rings is 1. The van der Waals surface area contributed by atoms with Gasteiger partial charge in [-0.05, 0) is 57.0 Å². The third kappa shape index (κ3) is 7.37. The number of benzene rings is 2. The minimum Gasteiger partial charge on any atom is -0.394 e. The van der Waals surface area contributed by atoms with Crippen molar-refractivity contribution in [3.8, 4) is 0 Å². The van der Waals surface area contributed by atoms with E-state index in [0.29, 0.717) is 36.0 Å². The smallest absolute Gasteiger partial charge is 0.277 e. The Morgan fingerprint density at radius 3 is 2.81 bits per heavy atom. The summed E-state index contributed by atoms with van der Waals surface area (Å²) in [5.74, 6) is -1.34. The van der Waals surface area contributed by atoms with Gasteiger partial charge in [0.1, 0.15) is 5.52 Å². The van der Waals surface area contributed by atoms with Crippen molar-refractivity contribution >= 4 is 39.9 Å². The van der Waals surface area contributed by atoms with Crippen molar-refractivity contribution in [2.45, 2.75) is 33.2 Å². The van der Waals surface area contributed by atoms with Gasteiger partial charge in [-0.2, -0.15) is 0 Å². The highest BCUT2D eigenvalue weighted by Crippen LogP contribution is 2.33. The van der Waals surface area contributed by atoms with Gasteiger partial charge in [-0.3, -0.25) is 9.63 Å². The molecule has 0 atom stereocenters. The first-order valence-electron chi connectivity index (χ1n) is 12.0. The number of aromatic nitrogens is 2. The lowest BCUT2D eigenvalue weighted by atomic mass is 10.1. The minimum atomic E-state index is -0.673. The minimum absolute atomic E-state index is 0.0222. The number of aryl methyl sites for hydroxylation is 2. The highest BCUT2D eigenvalue weighted by atomic mass is 35.5. The molecule has 0 aliphatic carbocycles. The molecule has 3 rings (SSSR count). The van der Waals surface area contributed by atoms with Crippen molar-refractivity contribution in [2.24, 2.45) is 0 Å². The molecule has 0 saturated heterocycles. The second kappa shape index (κ2) is 14.1. The number of aliphatic hydroxyl groups excluding tert-OH is 1. The van der Waals surface area contributed by atoms with Crippen LogP contribution in [-0.4, -0.2) is 60.1 Å². The summed E-state index contributed by atoms with van der Waals surface area (Å²) in [4.78, 5) is 22.1. The van der Waals surface area contributed by atoms with Crippen LogP contribution in [0.4, 0.5) is 15.8 Å². The van der Waals surface area contributed by atoms with E-state index in [0.717, 1.165) is 31.5 Å². The molecular formula is C25H33ClFN5O4. The Kier molecular flexibility index (Phi) is 10.9. The Hall–Kier alpha value is -2.76. The molecule has 11 heteroatoms. The summed E-state index contributed by atoms with van der Waals surface area (Å²) in [5, 5.41) is 15.6. The molecule has 3 aromatic rings. The second-order valence-electron chi connectivity index (χ2n) is 8.18. The fraction of sp³-hybridized carbons (Fsp3) is 0.440. The molecule has 0 bridgehead atoms. The topological polar surface area (TPSA) is 110 Å². The monoisotopic (exact) mass is 521 g/mol. The third-order valence-electron chi connectivity index (χ3n) is 5.47. The highest BCUT2D eigenvalue weighted by Gasteiger charge is 2.22. The molecule has 1 amide bonds. The summed E-state index contributed by atoms with van der Waals surface area (Å²) >= 11 is 6.34. The summed E-state index contributed by atoms with van der Waals surface area (Å²) in [6.07, 6.45) is 3.33. The maximum atomic E-state index is 15.7. The van der Waals surface area contributed by atoms with E-state index in [-0.39, 0.29) is 30.0 Å². The number of amides is 1. The van der Waals surface area contributed by atoms with Crippen LogP contribution in [0.5, 0.6) is 0 Å². The average Bonchev–Trinajstić information content (AvgIpc) is 3.27. The van der Waals surface area contributed by atoms with Gasteiger partial charge in [0.2, 0.25) is 0 Å². The van der Waals surface area contributed by atoms with E-state index in [1.807, 2.05) is 24.5 Å². The number of aliphatic hydroxyl groups is 1. The maximum absolute atomic E-state index is 15.7. The van der Waals surface area contributed by atoms with E-state index in [4.69, 9.17) is 26.3 Å². The lowest BCUT2D eigenvalue weighted by Crippen LogP contribution is -2.26. The molecule has 2 aromatic carbocycles. The van der Waals surface area contributed by atoms with E-state index >= 15 is 4.39 Å². The number of anilines is 2. The van der Waals surface area contributed by atoms with E-state index in [1.54, 1.807) is 24.5 Å². The second-order valence-corrected chi connectivity index (χ2v) is 8.59. The fourth-order valence-corrected chi connectivity index (χ4v) is 3.94. The van der Waals surface area contributed by atoms with Crippen LogP contribution in [-0.2, 0) is 16.1 Å². The molecule has 0 unspecified atom stereocenters. The first kappa shape index (κ1) is 27.8. The molecule has 1 heterocycles. The quantitative estimate of drug-likeness (QED) is 0.177. The summed E-state index contributed by atoms with van der Waals surface area (Å²) < 4.78 is 22.8. The molecule has 0 aliphatic heterocycles. The number of hydroxylamine groups is 1. The number of carbonyl (C=O) groups excluding carboxylic acids is 1. The Bertz CT molecular complexity index is 1160. The predicted molar refractivity (Wildman–Crippen MR) is 138 cm³/mol. The molecule has 196 valence electrons. The van der Waals surface area contributed by atoms with Crippen LogP contribution in [0.15, 0.2) is 30.6 Å². The number of nitrogens with zero attached hydrogens (tertiary/aromatic N) is 2. The summed E-state index contributed by atoms with van der Waals surface area (Å²) in [7, 11) is 0. The number of carbonyl (C=O) groups is 1. The van der Waals surface area contributed by atoms with Crippen molar-refractivity contribution in [3.63, 3.8) is 0 Å². The van der Waals surface area contributed by atoms with Crippen molar-refractivity contribution in [3.05, 3.63) is 52.6 Å². The van der Waals surface area contributed by atoms with Gasteiger partial charge in [0.25, 0.3) is 5.91 Å². The average molecular weight is 522 g/mol. The van der Waals surface area contributed by atoms with Gasteiger partial charge >= 0.3 is 0 Å². The number of hydrogen-bond acceptors (Lipinski definition) is 7. The normalized spacial score (nSPS) is 11.2. The van der Waals surface area contributed by atoms with E-state index in [1.165, 1.54) is 0 Å². The van der Waals surface area contributed by atoms with Gasteiger partial charge in [-0.15, -0.1) is 0 Å². The van der Waals surface area contributed by atoms with Gasteiger partial charge in [0.05, 0.1) is 53.6 Å². The molecular weight excluding hydrogens is 489 g/mol. The Balaban J connectivity index is 1.83. The largest absolute Gasteiger partial charge is 0.394 e. The molecule has 0 spiro atoms. The molecule has 4 N–H and O–H groups in total. The number of rotatable bonds is 15. The van der Waals surface area contributed by atoms with Crippen molar-refractivity contribution in [1.82, 2.24) is 20.3 Å². The molecule has 0 fully saturated rings. The highest BCUT2D eigenvalue weighted by molar-refractivity contribution is 6.33. The van der Waals surface area contributed by atoms with Crippen LogP contribution in [0.25, 0.3) is 11.0 Å². The van der Waals surface area contributed by atoms with Gasteiger partial charge in [-0.1, -0.05) is 17.7 Å². The van der Waals surface area contributed by atoms with E-state index in [9.17, 15) is 4.79 Å². The van der Waals surface area contributed by atoms with Crippen molar-refractivity contribution < 1.29 is 23.9 Å².